The molecule has 1 amide bonds. The second-order valence-corrected chi connectivity index (χ2v) is 4.25. The Balaban J connectivity index is 1.86. The Morgan fingerprint density at radius 3 is 2.94 bits per heavy atom. The van der Waals surface area contributed by atoms with Gasteiger partial charge >= 0.3 is 0 Å². The summed E-state index contributed by atoms with van der Waals surface area (Å²) < 4.78 is 5.56. The average molecular weight is 231 g/mol. The molecule has 0 spiro atoms. The summed E-state index contributed by atoms with van der Waals surface area (Å²) in [4.78, 5) is 11.9. The summed E-state index contributed by atoms with van der Waals surface area (Å²) in [5.41, 5.74) is 0.694. The predicted octanol–water partition coefficient (Wildman–Crippen LogP) is 2.15. The van der Waals surface area contributed by atoms with Gasteiger partial charge in [-0.25, -0.2) is 0 Å². The van der Waals surface area contributed by atoms with Crippen molar-refractivity contribution in [2.24, 2.45) is 0 Å². The van der Waals surface area contributed by atoms with Gasteiger partial charge in [0.15, 0.2) is 0 Å². The maximum absolute atomic E-state index is 11.9. The van der Waals surface area contributed by atoms with Gasteiger partial charge in [0.05, 0.1) is 18.8 Å². The van der Waals surface area contributed by atoms with Crippen LogP contribution in [0.3, 0.4) is 0 Å². The minimum atomic E-state index is -0.0292. The van der Waals surface area contributed by atoms with Crippen LogP contribution in [0.15, 0.2) is 43.0 Å². The first kappa shape index (κ1) is 11.9. The van der Waals surface area contributed by atoms with E-state index < -0.39 is 0 Å². The highest BCUT2D eigenvalue weighted by atomic mass is 16.5. The number of hydrogen-bond acceptors (Lipinski definition) is 2. The van der Waals surface area contributed by atoms with Crippen molar-refractivity contribution < 1.29 is 9.53 Å². The summed E-state index contributed by atoms with van der Waals surface area (Å²) in [7, 11) is 0. The Hall–Kier alpha value is -1.61. The van der Waals surface area contributed by atoms with Gasteiger partial charge in [0.1, 0.15) is 0 Å². The third-order valence-electron chi connectivity index (χ3n) is 2.88. The molecule has 0 aliphatic carbocycles. The van der Waals surface area contributed by atoms with Crippen LogP contribution in [0.5, 0.6) is 0 Å². The van der Waals surface area contributed by atoms with Gasteiger partial charge in [-0.2, -0.15) is 0 Å². The van der Waals surface area contributed by atoms with Crippen LogP contribution in [0.2, 0.25) is 0 Å². The number of carbonyl (C=O) groups is 1. The van der Waals surface area contributed by atoms with Crippen molar-refractivity contribution in [3.63, 3.8) is 0 Å². The molecule has 90 valence electrons. The number of ether oxygens (including phenoxy) is 1. The molecular formula is C14H17NO2. The molecule has 0 bridgehead atoms. The van der Waals surface area contributed by atoms with Crippen molar-refractivity contribution in [2.75, 3.05) is 6.61 Å². The Labute approximate surface area is 101 Å². The number of rotatable bonds is 4. The lowest BCUT2D eigenvalue weighted by Crippen LogP contribution is -2.35. The Morgan fingerprint density at radius 1 is 1.47 bits per heavy atom. The van der Waals surface area contributed by atoms with Crippen LogP contribution in [-0.2, 0) is 4.74 Å². The molecular weight excluding hydrogens is 214 g/mol. The fourth-order valence-corrected chi connectivity index (χ4v) is 2.01. The van der Waals surface area contributed by atoms with Crippen LogP contribution in [0.1, 0.15) is 23.2 Å². The molecule has 3 nitrogen and oxygen atoms in total. The summed E-state index contributed by atoms with van der Waals surface area (Å²) >= 11 is 0. The molecule has 1 saturated heterocycles. The molecule has 1 fully saturated rings. The molecule has 1 N–H and O–H groups in total. The first-order valence-corrected chi connectivity index (χ1v) is 5.88. The minimum Gasteiger partial charge on any atom is -0.376 e. The van der Waals surface area contributed by atoms with Crippen molar-refractivity contribution in [2.45, 2.75) is 25.0 Å². The molecule has 2 rings (SSSR count). The fraction of sp³-hybridized carbons (Fsp3) is 0.357. The number of carbonyl (C=O) groups excluding carboxylic acids is 1. The molecule has 1 aromatic carbocycles. The SMILES string of the molecule is C=CC[C@H]1C[C@H](NC(=O)c2ccccc2)CO1. The van der Waals surface area contributed by atoms with Crippen LogP contribution in [0, 0.1) is 0 Å². The number of amides is 1. The lowest BCUT2D eigenvalue weighted by Gasteiger charge is -2.10. The summed E-state index contributed by atoms with van der Waals surface area (Å²) in [6.07, 6.45) is 3.77. The molecule has 1 aliphatic heterocycles. The second-order valence-electron chi connectivity index (χ2n) is 4.25. The van der Waals surface area contributed by atoms with Gasteiger partial charge < -0.3 is 10.1 Å². The fourth-order valence-electron chi connectivity index (χ4n) is 2.01. The number of benzene rings is 1. The molecule has 0 saturated carbocycles. The first-order chi connectivity index (χ1) is 8.29. The molecule has 2 atom stereocenters. The molecule has 3 heteroatoms. The number of hydrogen-bond donors (Lipinski definition) is 1. The third-order valence-corrected chi connectivity index (χ3v) is 2.88. The van der Waals surface area contributed by atoms with E-state index >= 15 is 0 Å². The summed E-state index contributed by atoms with van der Waals surface area (Å²) in [6, 6.07) is 9.36. The third kappa shape index (κ3) is 3.17. The van der Waals surface area contributed by atoms with Crippen molar-refractivity contribution in [1.29, 1.82) is 0 Å². The highest BCUT2D eigenvalue weighted by Crippen LogP contribution is 2.17. The highest BCUT2D eigenvalue weighted by Gasteiger charge is 2.25. The van der Waals surface area contributed by atoms with Crippen LogP contribution in [0.4, 0.5) is 0 Å². The normalized spacial score (nSPS) is 23.3. The average Bonchev–Trinajstić information content (AvgIpc) is 2.78. The van der Waals surface area contributed by atoms with Gasteiger partial charge in [0, 0.05) is 5.56 Å². The van der Waals surface area contributed by atoms with Gasteiger partial charge in [-0.3, -0.25) is 4.79 Å². The summed E-state index contributed by atoms with van der Waals surface area (Å²) in [5.74, 6) is -0.0292. The van der Waals surface area contributed by atoms with Crippen molar-refractivity contribution in [1.82, 2.24) is 5.32 Å². The number of nitrogens with one attached hydrogen (secondary N) is 1. The maximum atomic E-state index is 11.9. The molecule has 0 aromatic heterocycles. The van der Waals surface area contributed by atoms with E-state index in [4.69, 9.17) is 4.74 Å². The van der Waals surface area contributed by atoms with Crippen LogP contribution in [-0.4, -0.2) is 24.7 Å². The van der Waals surface area contributed by atoms with Gasteiger partial charge in [-0.05, 0) is 25.0 Å². The zero-order valence-corrected chi connectivity index (χ0v) is 9.76. The molecule has 0 radical (unpaired) electrons. The van der Waals surface area contributed by atoms with E-state index in [2.05, 4.69) is 11.9 Å². The minimum absolute atomic E-state index is 0.0292. The van der Waals surface area contributed by atoms with Crippen LogP contribution < -0.4 is 5.32 Å². The summed E-state index contributed by atoms with van der Waals surface area (Å²) in [6.45, 7) is 4.28. The van der Waals surface area contributed by atoms with Gasteiger partial charge in [0.25, 0.3) is 5.91 Å². The summed E-state index contributed by atoms with van der Waals surface area (Å²) in [5, 5.41) is 2.99. The largest absolute Gasteiger partial charge is 0.376 e. The Kier molecular flexibility index (Phi) is 3.94. The van der Waals surface area contributed by atoms with Gasteiger partial charge in [-0.1, -0.05) is 24.3 Å². The van der Waals surface area contributed by atoms with E-state index in [9.17, 15) is 4.79 Å². The van der Waals surface area contributed by atoms with Crippen molar-refractivity contribution in [3.05, 3.63) is 48.6 Å². The quantitative estimate of drug-likeness (QED) is 0.806. The lowest BCUT2D eigenvalue weighted by molar-refractivity contribution is 0.0912. The van der Waals surface area contributed by atoms with E-state index in [1.54, 1.807) is 0 Å². The Morgan fingerprint density at radius 2 is 2.24 bits per heavy atom. The molecule has 1 aliphatic rings. The molecule has 17 heavy (non-hydrogen) atoms. The lowest BCUT2D eigenvalue weighted by atomic mass is 10.1. The van der Waals surface area contributed by atoms with E-state index in [1.165, 1.54) is 0 Å². The second kappa shape index (κ2) is 5.64. The maximum Gasteiger partial charge on any atom is 0.251 e. The van der Waals surface area contributed by atoms with E-state index in [-0.39, 0.29) is 18.1 Å². The van der Waals surface area contributed by atoms with Crippen LogP contribution in [0.25, 0.3) is 0 Å². The van der Waals surface area contributed by atoms with Gasteiger partial charge in [-0.15, -0.1) is 6.58 Å². The standard InChI is InChI=1S/C14H17NO2/c1-2-6-13-9-12(10-17-13)15-14(16)11-7-4-3-5-8-11/h2-5,7-8,12-13H,1,6,9-10H2,(H,15,16)/t12-,13-/m0/s1. The van der Waals surface area contributed by atoms with Crippen molar-refractivity contribution in [3.8, 4) is 0 Å². The molecule has 1 heterocycles. The van der Waals surface area contributed by atoms with E-state index in [0.717, 1.165) is 12.8 Å². The highest BCUT2D eigenvalue weighted by molar-refractivity contribution is 5.94. The zero-order chi connectivity index (χ0) is 12.1. The predicted molar refractivity (Wildman–Crippen MR) is 66.9 cm³/mol. The molecule has 1 aromatic rings. The first-order valence-electron chi connectivity index (χ1n) is 5.88. The van der Waals surface area contributed by atoms with Crippen LogP contribution >= 0.6 is 0 Å². The molecule has 0 unspecified atom stereocenters. The topological polar surface area (TPSA) is 38.3 Å². The zero-order valence-electron chi connectivity index (χ0n) is 9.76. The van der Waals surface area contributed by atoms with Gasteiger partial charge in [0.2, 0.25) is 0 Å². The smallest absolute Gasteiger partial charge is 0.251 e. The Bertz CT molecular complexity index is 388. The van der Waals surface area contributed by atoms with E-state index in [1.807, 2.05) is 36.4 Å². The van der Waals surface area contributed by atoms with Crippen molar-refractivity contribution >= 4 is 5.91 Å². The van der Waals surface area contributed by atoms with E-state index in [0.29, 0.717) is 12.2 Å². The monoisotopic (exact) mass is 231 g/mol.